The van der Waals surface area contributed by atoms with E-state index in [0.29, 0.717) is 6.04 Å². The van der Waals surface area contributed by atoms with Crippen molar-refractivity contribution in [2.24, 2.45) is 7.05 Å². The zero-order valence-corrected chi connectivity index (χ0v) is 12.0. The van der Waals surface area contributed by atoms with Crippen molar-refractivity contribution in [1.82, 2.24) is 25.1 Å². The number of hydrogen-bond acceptors (Lipinski definition) is 5. The van der Waals surface area contributed by atoms with E-state index in [1.165, 1.54) is 18.4 Å². The van der Waals surface area contributed by atoms with Gasteiger partial charge in [-0.25, -0.2) is 4.98 Å². The summed E-state index contributed by atoms with van der Waals surface area (Å²) in [4.78, 5) is 11.0. The van der Waals surface area contributed by atoms with Gasteiger partial charge in [0.2, 0.25) is 0 Å². The van der Waals surface area contributed by atoms with Crippen molar-refractivity contribution in [2.75, 3.05) is 11.9 Å². The zero-order chi connectivity index (χ0) is 13.9. The maximum absolute atomic E-state index is 4.65. The van der Waals surface area contributed by atoms with Gasteiger partial charge in [-0.3, -0.25) is 9.67 Å². The van der Waals surface area contributed by atoms with Crippen molar-refractivity contribution in [3.8, 4) is 0 Å². The highest BCUT2D eigenvalue weighted by Gasteiger charge is 2.20. The van der Waals surface area contributed by atoms with Gasteiger partial charge in [0, 0.05) is 51.2 Å². The Kier molecular flexibility index (Phi) is 3.64. The lowest BCUT2D eigenvalue weighted by molar-refractivity contribution is 0.670. The summed E-state index contributed by atoms with van der Waals surface area (Å²) in [7, 11) is 3.95. The van der Waals surface area contributed by atoms with E-state index >= 15 is 0 Å². The van der Waals surface area contributed by atoms with Gasteiger partial charge in [0.15, 0.2) is 0 Å². The summed E-state index contributed by atoms with van der Waals surface area (Å²) in [6, 6.07) is 0.688. The fourth-order valence-corrected chi connectivity index (χ4v) is 2.11. The topological polar surface area (TPSA) is 58.9 Å². The minimum atomic E-state index is 0.688. The molecule has 0 bridgehead atoms. The van der Waals surface area contributed by atoms with E-state index in [-0.39, 0.29) is 0 Å². The molecule has 0 unspecified atom stereocenters. The van der Waals surface area contributed by atoms with Crippen LogP contribution in [0.15, 0.2) is 24.8 Å². The SMILES string of the molecule is CN(Cc1cnn(C)c1)c1cncc(CNC2CC2)n1. The van der Waals surface area contributed by atoms with E-state index in [4.69, 9.17) is 0 Å². The Morgan fingerprint density at radius 2 is 2.20 bits per heavy atom. The Bertz CT molecular complexity index is 575. The Hall–Kier alpha value is -1.95. The molecule has 0 aromatic carbocycles. The van der Waals surface area contributed by atoms with Crippen LogP contribution in [0, 0.1) is 0 Å². The Morgan fingerprint density at radius 3 is 2.90 bits per heavy atom. The molecule has 6 nitrogen and oxygen atoms in total. The summed E-state index contributed by atoms with van der Waals surface area (Å²) in [5.41, 5.74) is 2.16. The van der Waals surface area contributed by atoms with Crippen molar-refractivity contribution >= 4 is 5.82 Å². The lowest BCUT2D eigenvalue weighted by Gasteiger charge is -2.17. The molecule has 0 radical (unpaired) electrons. The monoisotopic (exact) mass is 272 g/mol. The molecular weight excluding hydrogens is 252 g/mol. The highest BCUT2D eigenvalue weighted by atomic mass is 15.2. The molecule has 2 aromatic rings. The van der Waals surface area contributed by atoms with Crippen LogP contribution in [0.4, 0.5) is 5.82 Å². The van der Waals surface area contributed by atoms with Gasteiger partial charge in [-0.05, 0) is 12.8 Å². The predicted octanol–water partition coefficient (Wildman–Crippen LogP) is 1.10. The third-order valence-electron chi connectivity index (χ3n) is 3.39. The van der Waals surface area contributed by atoms with Crippen LogP contribution in [-0.4, -0.2) is 32.8 Å². The van der Waals surface area contributed by atoms with Crippen molar-refractivity contribution in [3.05, 3.63) is 36.0 Å². The summed E-state index contributed by atoms with van der Waals surface area (Å²) in [6.45, 7) is 1.58. The number of aryl methyl sites for hydroxylation is 1. The van der Waals surface area contributed by atoms with E-state index in [9.17, 15) is 0 Å². The standard InChI is InChI=1S/C14H20N6/c1-19(9-11-5-17-20(2)10-11)14-8-15-6-13(18-14)7-16-12-3-4-12/h5-6,8,10,12,16H,3-4,7,9H2,1-2H3. The summed E-state index contributed by atoms with van der Waals surface area (Å²) in [5, 5.41) is 7.64. The van der Waals surface area contributed by atoms with Gasteiger partial charge < -0.3 is 10.2 Å². The van der Waals surface area contributed by atoms with Crippen molar-refractivity contribution < 1.29 is 0 Å². The third-order valence-corrected chi connectivity index (χ3v) is 3.39. The summed E-state index contributed by atoms with van der Waals surface area (Å²) in [6.07, 6.45) is 10.1. The minimum Gasteiger partial charge on any atom is -0.354 e. The number of anilines is 1. The van der Waals surface area contributed by atoms with E-state index in [1.807, 2.05) is 37.4 Å². The van der Waals surface area contributed by atoms with Gasteiger partial charge in [0.25, 0.3) is 0 Å². The molecule has 6 heteroatoms. The lowest BCUT2D eigenvalue weighted by Crippen LogP contribution is -2.20. The molecule has 0 atom stereocenters. The van der Waals surface area contributed by atoms with Crippen LogP contribution in [0.5, 0.6) is 0 Å². The largest absolute Gasteiger partial charge is 0.354 e. The van der Waals surface area contributed by atoms with Crippen molar-refractivity contribution in [3.63, 3.8) is 0 Å². The predicted molar refractivity (Wildman–Crippen MR) is 77.2 cm³/mol. The van der Waals surface area contributed by atoms with Crippen LogP contribution in [0.1, 0.15) is 24.1 Å². The number of aromatic nitrogens is 4. The molecule has 0 aliphatic heterocycles. The summed E-state index contributed by atoms with van der Waals surface area (Å²) < 4.78 is 1.81. The second-order valence-electron chi connectivity index (χ2n) is 5.40. The number of nitrogens with zero attached hydrogens (tertiary/aromatic N) is 5. The first kappa shape index (κ1) is 13.1. The first-order valence-electron chi connectivity index (χ1n) is 6.93. The Morgan fingerprint density at radius 1 is 1.35 bits per heavy atom. The van der Waals surface area contributed by atoms with E-state index in [1.54, 1.807) is 6.20 Å². The second kappa shape index (κ2) is 5.58. The second-order valence-corrected chi connectivity index (χ2v) is 5.40. The first-order chi connectivity index (χ1) is 9.70. The molecule has 2 heterocycles. The molecular formula is C14H20N6. The van der Waals surface area contributed by atoms with Crippen LogP contribution in [0.3, 0.4) is 0 Å². The van der Waals surface area contributed by atoms with Crippen LogP contribution >= 0.6 is 0 Å². The lowest BCUT2D eigenvalue weighted by atomic mass is 10.3. The fraction of sp³-hybridized carbons (Fsp3) is 0.500. The molecule has 106 valence electrons. The van der Waals surface area contributed by atoms with E-state index < -0.39 is 0 Å². The number of hydrogen-bond donors (Lipinski definition) is 1. The Balaban J connectivity index is 1.63. The van der Waals surface area contributed by atoms with Crippen molar-refractivity contribution in [2.45, 2.75) is 32.0 Å². The molecule has 0 amide bonds. The molecule has 1 aliphatic carbocycles. The quantitative estimate of drug-likeness (QED) is 0.853. The van der Waals surface area contributed by atoms with Gasteiger partial charge in [-0.1, -0.05) is 0 Å². The molecule has 1 saturated carbocycles. The molecule has 0 saturated heterocycles. The first-order valence-corrected chi connectivity index (χ1v) is 6.93. The molecule has 0 spiro atoms. The van der Waals surface area contributed by atoms with Crippen LogP contribution < -0.4 is 10.2 Å². The number of rotatable bonds is 6. The maximum atomic E-state index is 4.65. The van der Waals surface area contributed by atoms with Gasteiger partial charge in [-0.15, -0.1) is 0 Å². The summed E-state index contributed by atoms with van der Waals surface area (Å²) in [5.74, 6) is 0.893. The van der Waals surface area contributed by atoms with Crippen LogP contribution in [0.25, 0.3) is 0 Å². The maximum Gasteiger partial charge on any atom is 0.147 e. The van der Waals surface area contributed by atoms with Gasteiger partial charge in [0.1, 0.15) is 5.82 Å². The summed E-state index contributed by atoms with van der Waals surface area (Å²) >= 11 is 0. The average Bonchev–Trinajstić information content (AvgIpc) is 3.19. The van der Waals surface area contributed by atoms with Gasteiger partial charge >= 0.3 is 0 Å². The van der Waals surface area contributed by atoms with Gasteiger partial charge in [-0.2, -0.15) is 5.10 Å². The minimum absolute atomic E-state index is 0.688. The highest BCUT2D eigenvalue weighted by Crippen LogP contribution is 2.19. The molecule has 3 rings (SSSR count). The van der Waals surface area contributed by atoms with E-state index in [0.717, 1.165) is 24.6 Å². The van der Waals surface area contributed by atoms with Crippen LogP contribution in [0.2, 0.25) is 0 Å². The highest BCUT2D eigenvalue weighted by molar-refractivity contribution is 5.36. The van der Waals surface area contributed by atoms with Crippen molar-refractivity contribution in [1.29, 1.82) is 0 Å². The molecule has 20 heavy (non-hydrogen) atoms. The van der Waals surface area contributed by atoms with E-state index in [2.05, 4.69) is 25.3 Å². The average molecular weight is 272 g/mol. The molecule has 1 N–H and O–H groups in total. The number of nitrogens with one attached hydrogen (secondary N) is 1. The molecule has 1 aliphatic rings. The molecule has 2 aromatic heterocycles. The third kappa shape index (κ3) is 3.33. The smallest absolute Gasteiger partial charge is 0.147 e. The van der Waals surface area contributed by atoms with Gasteiger partial charge in [0.05, 0.1) is 18.1 Å². The Labute approximate surface area is 118 Å². The van der Waals surface area contributed by atoms with Crippen LogP contribution in [-0.2, 0) is 20.1 Å². The molecule has 1 fully saturated rings. The fourth-order valence-electron chi connectivity index (χ4n) is 2.11. The normalized spacial score (nSPS) is 14.5. The zero-order valence-electron chi connectivity index (χ0n) is 12.0.